The molecule has 4 rings (SSSR count). The van der Waals surface area contributed by atoms with E-state index < -0.39 is 16.1 Å². The molecule has 0 N–H and O–H groups in total. The summed E-state index contributed by atoms with van der Waals surface area (Å²) in [4.78, 5) is 14.5. The van der Waals surface area contributed by atoms with Crippen molar-refractivity contribution in [3.05, 3.63) is 36.7 Å². The lowest BCUT2D eigenvalue weighted by molar-refractivity contribution is -0.139. The van der Waals surface area contributed by atoms with Gasteiger partial charge in [0.2, 0.25) is 15.9 Å². The summed E-state index contributed by atoms with van der Waals surface area (Å²) in [6.45, 7) is 2.67. The molecule has 0 bridgehead atoms. The van der Waals surface area contributed by atoms with Crippen LogP contribution in [-0.2, 0) is 14.8 Å². The second-order valence-corrected chi connectivity index (χ2v) is 8.72. The third-order valence-corrected chi connectivity index (χ3v) is 7.30. The topological polar surface area (TPSA) is 84.7 Å². The molecule has 8 nitrogen and oxygen atoms in total. The number of hydrogen-bond acceptors (Lipinski definition) is 5. The molecule has 9 heteroatoms. The van der Waals surface area contributed by atoms with Crippen LogP contribution in [0.5, 0.6) is 5.75 Å². The molecule has 2 aliphatic heterocycles. The highest BCUT2D eigenvalue weighted by Gasteiger charge is 2.45. The molecule has 2 aromatic rings. The Kier molecular flexibility index (Phi) is 4.43. The number of nitrogens with zero attached hydrogens (tertiary/aromatic N) is 4. The highest BCUT2D eigenvalue weighted by atomic mass is 32.2. The summed E-state index contributed by atoms with van der Waals surface area (Å²) < 4.78 is 35.2. The normalized spacial score (nSPS) is 23.5. The van der Waals surface area contributed by atoms with Gasteiger partial charge in [0.1, 0.15) is 16.7 Å². The van der Waals surface area contributed by atoms with Gasteiger partial charge >= 0.3 is 0 Å². The van der Waals surface area contributed by atoms with Crippen molar-refractivity contribution in [3.8, 4) is 11.4 Å². The number of aromatic nitrogens is 2. The van der Waals surface area contributed by atoms with Gasteiger partial charge in [0.15, 0.2) is 0 Å². The Balaban J connectivity index is 1.77. The van der Waals surface area contributed by atoms with E-state index in [1.54, 1.807) is 48.3 Å². The van der Waals surface area contributed by atoms with E-state index >= 15 is 0 Å². The fraction of sp³-hybridized carbons (Fsp3) is 0.444. The van der Waals surface area contributed by atoms with Crippen LogP contribution in [0, 0.1) is 0 Å². The van der Waals surface area contributed by atoms with Gasteiger partial charge in [-0.15, -0.1) is 0 Å². The molecule has 2 atom stereocenters. The fourth-order valence-corrected chi connectivity index (χ4v) is 5.71. The second-order valence-electron chi connectivity index (χ2n) is 6.86. The summed E-state index contributed by atoms with van der Waals surface area (Å²) in [6, 6.07) is 5.88. The van der Waals surface area contributed by atoms with Crippen LogP contribution >= 0.6 is 0 Å². The number of carbonyl (C=O) groups is 1. The molecule has 27 heavy (non-hydrogen) atoms. The highest BCUT2D eigenvalue weighted by molar-refractivity contribution is 7.89. The second kappa shape index (κ2) is 6.65. The first kappa shape index (κ1) is 18.0. The SMILES string of the molecule is COc1ccc(-n2cccn2)cc1S(=O)(=O)N1C[C@@H]2CCCN2C(=O)[C@H]1C. The Bertz CT molecular complexity index is 958. The maximum Gasteiger partial charge on any atom is 0.247 e. The zero-order valence-electron chi connectivity index (χ0n) is 15.3. The Hall–Kier alpha value is -2.39. The van der Waals surface area contributed by atoms with Gasteiger partial charge in [0, 0.05) is 31.5 Å². The molecule has 1 aromatic carbocycles. The van der Waals surface area contributed by atoms with E-state index in [9.17, 15) is 13.2 Å². The van der Waals surface area contributed by atoms with Crippen molar-refractivity contribution < 1.29 is 17.9 Å². The number of sulfonamides is 1. The molecule has 2 fully saturated rings. The Labute approximate surface area is 158 Å². The van der Waals surface area contributed by atoms with E-state index in [1.807, 2.05) is 4.90 Å². The summed E-state index contributed by atoms with van der Waals surface area (Å²) in [5.41, 5.74) is 0.609. The van der Waals surface area contributed by atoms with Crippen molar-refractivity contribution >= 4 is 15.9 Å². The quantitative estimate of drug-likeness (QED) is 0.785. The van der Waals surface area contributed by atoms with Crippen molar-refractivity contribution in [3.63, 3.8) is 0 Å². The first-order valence-corrected chi connectivity index (χ1v) is 10.4. The lowest BCUT2D eigenvalue weighted by Gasteiger charge is -2.40. The average molecular weight is 390 g/mol. The number of carbonyl (C=O) groups excluding carboxylic acids is 1. The number of ether oxygens (including phenoxy) is 1. The van der Waals surface area contributed by atoms with Crippen LogP contribution < -0.4 is 4.74 Å². The van der Waals surface area contributed by atoms with Gasteiger partial charge < -0.3 is 9.64 Å². The molecular weight excluding hydrogens is 368 g/mol. The van der Waals surface area contributed by atoms with Crippen LogP contribution in [0.25, 0.3) is 5.69 Å². The lowest BCUT2D eigenvalue weighted by atomic mass is 10.1. The molecular formula is C18H22N4O4S. The van der Waals surface area contributed by atoms with E-state index in [0.717, 1.165) is 12.8 Å². The molecule has 3 heterocycles. The molecule has 1 aromatic heterocycles. The fourth-order valence-electron chi connectivity index (χ4n) is 3.91. The Morgan fingerprint density at radius 2 is 2.11 bits per heavy atom. The maximum absolute atomic E-state index is 13.5. The van der Waals surface area contributed by atoms with Gasteiger partial charge in [-0.3, -0.25) is 4.79 Å². The summed E-state index contributed by atoms with van der Waals surface area (Å²) in [7, 11) is -2.48. The lowest BCUT2D eigenvalue weighted by Crippen LogP contribution is -2.59. The molecule has 1 amide bonds. The standard InChI is InChI=1S/C18H22N4O4S/c1-13-18(23)20-9-3-5-15(20)12-22(13)27(24,25)17-11-14(6-7-16(17)26-2)21-10-4-8-19-21/h4,6-8,10-11,13,15H,3,5,9,12H2,1-2H3/t13-,15+/m1/s1. The monoisotopic (exact) mass is 390 g/mol. The van der Waals surface area contributed by atoms with Gasteiger partial charge in [-0.05, 0) is 44.0 Å². The number of methoxy groups -OCH3 is 1. The molecule has 0 aliphatic carbocycles. The molecule has 0 saturated carbocycles. The summed E-state index contributed by atoms with van der Waals surface area (Å²) in [5.74, 6) is 0.119. The minimum absolute atomic E-state index is 0.0455. The third-order valence-electron chi connectivity index (χ3n) is 5.34. The average Bonchev–Trinajstić information content (AvgIpc) is 3.35. The number of rotatable bonds is 4. The molecule has 0 radical (unpaired) electrons. The van der Waals surface area contributed by atoms with E-state index in [4.69, 9.17) is 4.74 Å². The van der Waals surface area contributed by atoms with E-state index in [0.29, 0.717) is 18.8 Å². The van der Waals surface area contributed by atoms with Gasteiger partial charge in [0.25, 0.3) is 0 Å². The minimum Gasteiger partial charge on any atom is -0.495 e. The minimum atomic E-state index is -3.92. The summed E-state index contributed by atoms with van der Waals surface area (Å²) in [6.07, 6.45) is 5.10. The molecule has 0 spiro atoms. The van der Waals surface area contributed by atoms with Crippen molar-refractivity contribution in [1.29, 1.82) is 0 Å². The Morgan fingerprint density at radius 1 is 1.30 bits per heavy atom. The molecule has 144 valence electrons. The summed E-state index contributed by atoms with van der Waals surface area (Å²) >= 11 is 0. The van der Waals surface area contributed by atoms with Crippen LogP contribution in [0.4, 0.5) is 0 Å². The predicted molar refractivity (Wildman–Crippen MR) is 98.2 cm³/mol. The van der Waals surface area contributed by atoms with Crippen molar-refractivity contribution in [2.24, 2.45) is 0 Å². The van der Waals surface area contributed by atoms with Gasteiger partial charge in [-0.25, -0.2) is 13.1 Å². The predicted octanol–water partition coefficient (Wildman–Crippen LogP) is 1.26. The van der Waals surface area contributed by atoms with Crippen molar-refractivity contribution in [1.82, 2.24) is 19.0 Å². The van der Waals surface area contributed by atoms with E-state index in [1.165, 1.54) is 11.4 Å². The van der Waals surface area contributed by atoms with E-state index in [2.05, 4.69) is 5.10 Å². The zero-order chi connectivity index (χ0) is 19.2. The maximum atomic E-state index is 13.5. The molecule has 0 unspecified atom stereocenters. The Morgan fingerprint density at radius 3 is 2.81 bits per heavy atom. The smallest absolute Gasteiger partial charge is 0.247 e. The van der Waals surface area contributed by atoms with Crippen LogP contribution in [0.3, 0.4) is 0 Å². The van der Waals surface area contributed by atoms with E-state index in [-0.39, 0.29) is 22.6 Å². The molecule has 2 saturated heterocycles. The van der Waals surface area contributed by atoms with Crippen molar-refractivity contribution in [2.75, 3.05) is 20.2 Å². The van der Waals surface area contributed by atoms with Crippen LogP contribution in [0.15, 0.2) is 41.6 Å². The zero-order valence-corrected chi connectivity index (χ0v) is 16.1. The number of benzene rings is 1. The number of amides is 1. The third kappa shape index (κ3) is 2.90. The van der Waals surface area contributed by atoms with Gasteiger partial charge in [-0.2, -0.15) is 9.40 Å². The first-order chi connectivity index (χ1) is 12.9. The largest absolute Gasteiger partial charge is 0.495 e. The van der Waals surface area contributed by atoms with Gasteiger partial charge in [-0.1, -0.05) is 0 Å². The van der Waals surface area contributed by atoms with Crippen molar-refractivity contribution in [2.45, 2.75) is 36.7 Å². The number of hydrogen-bond donors (Lipinski definition) is 0. The summed E-state index contributed by atoms with van der Waals surface area (Å²) in [5, 5.41) is 4.15. The molecule has 2 aliphatic rings. The highest BCUT2D eigenvalue weighted by Crippen LogP contribution is 2.34. The van der Waals surface area contributed by atoms with Gasteiger partial charge in [0.05, 0.1) is 12.8 Å². The first-order valence-electron chi connectivity index (χ1n) is 8.94. The van der Waals surface area contributed by atoms with Crippen LogP contribution in [-0.4, -0.2) is 65.6 Å². The van der Waals surface area contributed by atoms with Crippen LogP contribution in [0.1, 0.15) is 19.8 Å². The number of fused-ring (bicyclic) bond motifs is 1. The number of piperazine rings is 1. The van der Waals surface area contributed by atoms with Crippen LogP contribution in [0.2, 0.25) is 0 Å².